The van der Waals surface area contributed by atoms with Gasteiger partial charge < -0.3 is 30.7 Å². The zero-order chi connectivity index (χ0) is 31.3. The van der Waals surface area contributed by atoms with Gasteiger partial charge in [-0.3, -0.25) is 14.6 Å². The van der Waals surface area contributed by atoms with Crippen molar-refractivity contribution in [2.24, 2.45) is 5.92 Å². The number of amides is 4. The molecule has 0 aliphatic rings. The van der Waals surface area contributed by atoms with Crippen LogP contribution in [0.4, 0.5) is 15.3 Å². The lowest BCUT2D eigenvalue weighted by atomic mass is 10.0. The minimum atomic E-state index is -1.01. The predicted octanol–water partition coefficient (Wildman–Crippen LogP) is 5.03. The van der Waals surface area contributed by atoms with E-state index in [0.29, 0.717) is 18.5 Å². The maximum atomic E-state index is 13.4. The van der Waals surface area contributed by atoms with Gasteiger partial charge in [-0.2, -0.15) is 0 Å². The molecule has 42 heavy (non-hydrogen) atoms. The number of aromatic nitrogens is 1. The summed E-state index contributed by atoms with van der Waals surface area (Å²) in [6.07, 6.45) is 2.58. The summed E-state index contributed by atoms with van der Waals surface area (Å²) in [5, 5.41) is 10.9. The van der Waals surface area contributed by atoms with Crippen molar-refractivity contribution in [3.05, 3.63) is 48.8 Å². The molecule has 0 radical (unpaired) electrons. The van der Waals surface area contributed by atoms with E-state index in [1.165, 1.54) is 0 Å². The molecule has 1 heterocycles. The van der Waals surface area contributed by atoms with Gasteiger partial charge in [0.05, 0.1) is 18.0 Å². The fourth-order valence-electron chi connectivity index (χ4n) is 3.97. The van der Waals surface area contributed by atoms with Crippen molar-refractivity contribution in [3.8, 4) is 11.1 Å². The summed E-state index contributed by atoms with van der Waals surface area (Å²) in [5.74, 6) is -0.857. The van der Waals surface area contributed by atoms with Gasteiger partial charge in [0, 0.05) is 18.3 Å². The monoisotopic (exact) mass is 583 g/mol. The predicted molar refractivity (Wildman–Crippen MR) is 162 cm³/mol. The Balaban J connectivity index is 2.13. The summed E-state index contributed by atoms with van der Waals surface area (Å²) >= 11 is 0. The largest absolute Gasteiger partial charge is 0.447 e. The van der Waals surface area contributed by atoms with Crippen LogP contribution >= 0.6 is 0 Å². The minimum Gasteiger partial charge on any atom is -0.447 e. The molecule has 0 saturated heterocycles. The molecule has 2 atom stereocenters. The number of nitrogens with one attached hydrogen (secondary N) is 4. The van der Waals surface area contributed by atoms with E-state index in [0.717, 1.165) is 11.1 Å². The van der Waals surface area contributed by atoms with Crippen molar-refractivity contribution >= 4 is 29.7 Å². The molecule has 0 saturated carbocycles. The Morgan fingerprint density at radius 3 is 2.17 bits per heavy atom. The third-order valence-electron chi connectivity index (χ3n) is 5.74. The molecule has 2 aromatic rings. The van der Waals surface area contributed by atoms with Crippen molar-refractivity contribution < 1.29 is 28.7 Å². The number of carbonyl (C=O) groups is 4. The molecule has 1 aromatic heterocycles. The SMILES string of the molecule is CC(C)C[C@@H](NC(=O)[C@H](CCCNC(=O)OC(C)C)NC(=O)OC(C)(C)C)C(=O)Nc1cncc(-c2ccccc2)c1. The van der Waals surface area contributed by atoms with E-state index < -0.39 is 41.7 Å². The summed E-state index contributed by atoms with van der Waals surface area (Å²) in [5.41, 5.74) is 1.52. The molecule has 230 valence electrons. The van der Waals surface area contributed by atoms with Gasteiger partial charge in [-0.05, 0) is 71.4 Å². The second-order valence-corrected chi connectivity index (χ2v) is 11.7. The smallest absolute Gasteiger partial charge is 0.408 e. The van der Waals surface area contributed by atoms with Gasteiger partial charge in [0.15, 0.2) is 0 Å². The normalized spacial score (nSPS) is 12.7. The van der Waals surface area contributed by atoms with Crippen LogP contribution in [0, 0.1) is 5.92 Å². The van der Waals surface area contributed by atoms with E-state index in [9.17, 15) is 19.2 Å². The van der Waals surface area contributed by atoms with Gasteiger partial charge in [-0.1, -0.05) is 44.2 Å². The van der Waals surface area contributed by atoms with Crippen molar-refractivity contribution in [2.75, 3.05) is 11.9 Å². The molecular formula is C31H45N5O6. The summed E-state index contributed by atoms with van der Waals surface area (Å²) in [4.78, 5) is 55.4. The van der Waals surface area contributed by atoms with E-state index in [1.54, 1.807) is 47.0 Å². The van der Waals surface area contributed by atoms with Gasteiger partial charge in [-0.15, -0.1) is 0 Å². The first-order valence-corrected chi connectivity index (χ1v) is 14.3. The molecular weight excluding hydrogens is 538 g/mol. The number of alkyl carbamates (subject to hydrolysis) is 2. The van der Waals surface area contributed by atoms with Crippen LogP contribution in [0.25, 0.3) is 11.1 Å². The number of pyridine rings is 1. The molecule has 0 bridgehead atoms. The number of hydrogen-bond donors (Lipinski definition) is 4. The molecule has 0 aliphatic carbocycles. The van der Waals surface area contributed by atoms with E-state index in [-0.39, 0.29) is 25.0 Å². The Morgan fingerprint density at radius 1 is 0.857 bits per heavy atom. The number of carbonyl (C=O) groups excluding carboxylic acids is 4. The van der Waals surface area contributed by atoms with Gasteiger partial charge in [0.2, 0.25) is 11.8 Å². The molecule has 1 aromatic carbocycles. The quantitative estimate of drug-likeness (QED) is 0.242. The first-order chi connectivity index (χ1) is 19.7. The molecule has 0 fully saturated rings. The highest BCUT2D eigenvalue weighted by molar-refractivity contribution is 5.98. The van der Waals surface area contributed by atoms with Crippen LogP contribution in [0.3, 0.4) is 0 Å². The molecule has 4 N–H and O–H groups in total. The van der Waals surface area contributed by atoms with E-state index in [4.69, 9.17) is 9.47 Å². The third-order valence-corrected chi connectivity index (χ3v) is 5.74. The lowest BCUT2D eigenvalue weighted by Gasteiger charge is -2.26. The molecule has 0 spiro atoms. The van der Waals surface area contributed by atoms with Crippen molar-refractivity contribution in [1.29, 1.82) is 0 Å². The van der Waals surface area contributed by atoms with Crippen LogP contribution in [0.1, 0.15) is 67.7 Å². The Bertz CT molecular complexity index is 1180. The molecule has 4 amide bonds. The maximum absolute atomic E-state index is 13.4. The standard InChI is InChI=1S/C31H45N5O6/c1-20(2)16-26(28(38)34-24-17-23(18-32-19-24)22-12-9-8-10-13-22)35-27(37)25(36-30(40)42-31(5,6)7)14-11-15-33-29(39)41-21(3)4/h8-10,12-13,17-21,25-26H,11,14-16H2,1-7H3,(H,33,39)(H,34,38)(H,35,37)(H,36,40)/t25-,26+/m0/s1. The lowest BCUT2D eigenvalue weighted by molar-refractivity contribution is -0.128. The number of ether oxygens (including phenoxy) is 2. The van der Waals surface area contributed by atoms with Gasteiger partial charge in [0.25, 0.3) is 0 Å². The minimum absolute atomic E-state index is 0.0864. The highest BCUT2D eigenvalue weighted by atomic mass is 16.6. The first kappa shape index (κ1) is 34.1. The van der Waals surface area contributed by atoms with Gasteiger partial charge in [-0.25, -0.2) is 9.59 Å². The second-order valence-electron chi connectivity index (χ2n) is 11.7. The molecule has 11 heteroatoms. The van der Waals surface area contributed by atoms with E-state index in [2.05, 4.69) is 26.3 Å². The molecule has 11 nitrogen and oxygen atoms in total. The van der Waals surface area contributed by atoms with Crippen LogP contribution in [-0.4, -0.2) is 59.3 Å². The van der Waals surface area contributed by atoms with E-state index in [1.807, 2.05) is 50.2 Å². The number of hydrogen-bond acceptors (Lipinski definition) is 7. The number of nitrogens with zero attached hydrogens (tertiary/aromatic N) is 1. The van der Waals surface area contributed by atoms with Crippen molar-refractivity contribution in [3.63, 3.8) is 0 Å². The first-order valence-electron chi connectivity index (χ1n) is 14.3. The highest BCUT2D eigenvalue weighted by Gasteiger charge is 2.29. The second kappa shape index (κ2) is 16.3. The van der Waals surface area contributed by atoms with Crippen molar-refractivity contribution in [2.45, 2.75) is 91.5 Å². The van der Waals surface area contributed by atoms with Crippen LogP contribution in [-0.2, 0) is 19.1 Å². The average molecular weight is 584 g/mol. The summed E-state index contributed by atoms with van der Waals surface area (Å²) in [6, 6.07) is 9.60. The molecule has 0 aliphatic heterocycles. The number of benzene rings is 1. The summed E-state index contributed by atoms with van der Waals surface area (Å²) < 4.78 is 10.4. The highest BCUT2D eigenvalue weighted by Crippen LogP contribution is 2.21. The average Bonchev–Trinajstić information content (AvgIpc) is 2.89. The fraction of sp³-hybridized carbons (Fsp3) is 0.516. The maximum Gasteiger partial charge on any atom is 0.408 e. The van der Waals surface area contributed by atoms with Crippen LogP contribution in [0.5, 0.6) is 0 Å². The summed E-state index contributed by atoms with van der Waals surface area (Å²) in [6.45, 7) is 12.8. The van der Waals surface area contributed by atoms with E-state index >= 15 is 0 Å². The number of rotatable bonds is 13. The number of anilines is 1. The Hall–Kier alpha value is -4.15. The van der Waals surface area contributed by atoms with Gasteiger partial charge >= 0.3 is 12.2 Å². The fourth-order valence-corrected chi connectivity index (χ4v) is 3.97. The van der Waals surface area contributed by atoms with Crippen LogP contribution in [0.15, 0.2) is 48.8 Å². The van der Waals surface area contributed by atoms with Crippen molar-refractivity contribution in [1.82, 2.24) is 20.9 Å². The van der Waals surface area contributed by atoms with Gasteiger partial charge in [0.1, 0.15) is 17.7 Å². The lowest BCUT2D eigenvalue weighted by Crippen LogP contribution is -2.53. The molecule has 2 rings (SSSR count). The zero-order valence-electron chi connectivity index (χ0n) is 25.7. The third kappa shape index (κ3) is 13.0. The Labute approximate surface area is 248 Å². The topological polar surface area (TPSA) is 148 Å². The van der Waals surface area contributed by atoms with Crippen LogP contribution < -0.4 is 21.3 Å². The Kier molecular flexibility index (Phi) is 13.2. The van der Waals surface area contributed by atoms with Crippen LogP contribution in [0.2, 0.25) is 0 Å². The zero-order valence-corrected chi connectivity index (χ0v) is 25.7. The Morgan fingerprint density at radius 2 is 1.55 bits per heavy atom. The summed E-state index contributed by atoms with van der Waals surface area (Å²) in [7, 11) is 0. The molecule has 0 unspecified atom stereocenters.